The summed E-state index contributed by atoms with van der Waals surface area (Å²) in [6.45, 7) is 5.54. The highest BCUT2D eigenvalue weighted by molar-refractivity contribution is 5.51. The summed E-state index contributed by atoms with van der Waals surface area (Å²) < 4.78 is 21.2. The molecule has 1 aliphatic heterocycles. The van der Waals surface area contributed by atoms with E-state index in [0.29, 0.717) is 19.7 Å². The zero-order chi connectivity index (χ0) is 22.8. The van der Waals surface area contributed by atoms with Crippen LogP contribution in [-0.2, 0) is 17.8 Å². The SMILES string of the molecule is COc1cccc(OC)c1CN1CCO[C@H](c2ccnc3c(Cn4cccn4)c(C)nn23)C1. The summed E-state index contributed by atoms with van der Waals surface area (Å²) >= 11 is 0. The van der Waals surface area contributed by atoms with Gasteiger partial charge in [-0.25, -0.2) is 9.50 Å². The molecule has 9 heteroatoms. The van der Waals surface area contributed by atoms with Crippen molar-refractivity contribution in [2.24, 2.45) is 0 Å². The van der Waals surface area contributed by atoms with Crippen LogP contribution in [0.4, 0.5) is 0 Å². The number of nitrogens with zero attached hydrogens (tertiary/aromatic N) is 6. The molecule has 0 unspecified atom stereocenters. The molecule has 1 aliphatic rings. The molecule has 3 aromatic heterocycles. The normalized spacial score (nSPS) is 16.9. The molecular weight excluding hydrogens is 420 g/mol. The number of rotatable bonds is 7. The number of hydrogen-bond acceptors (Lipinski definition) is 7. The van der Waals surface area contributed by atoms with E-state index in [2.05, 4.69) is 15.0 Å². The molecule has 0 aliphatic carbocycles. The monoisotopic (exact) mass is 448 g/mol. The smallest absolute Gasteiger partial charge is 0.160 e. The molecule has 0 bridgehead atoms. The van der Waals surface area contributed by atoms with Gasteiger partial charge in [-0.1, -0.05) is 6.07 Å². The average Bonchev–Trinajstić information content (AvgIpc) is 3.47. The lowest BCUT2D eigenvalue weighted by molar-refractivity contribution is -0.0363. The Bertz CT molecular complexity index is 1210. The second kappa shape index (κ2) is 9.21. The predicted octanol–water partition coefficient (Wildman–Crippen LogP) is 2.87. The van der Waals surface area contributed by atoms with Gasteiger partial charge >= 0.3 is 0 Å². The van der Waals surface area contributed by atoms with Crippen LogP contribution in [0.3, 0.4) is 0 Å². The van der Waals surface area contributed by atoms with E-state index in [-0.39, 0.29) is 6.10 Å². The van der Waals surface area contributed by atoms with Crippen LogP contribution < -0.4 is 9.47 Å². The largest absolute Gasteiger partial charge is 0.496 e. The molecule has 0 amide bonds. The molecular formula is C24H28N6O3. The third kappa shape index (κ3) is 4.17. The van der Waals surface area contributed by atoms with E-state index in [0.717, 1.165) is 52.8 Å². The van der Waals surface area contributed by atoms with Gasteiger partial charge in [-0.2, -0.15) is 10.2 Å². The van der Waals surface area contributed by atoms with Crippen molar-refractivity contribution in [3.63, 3.8) is 0 Å². The van der Waals surface area contributed by atoms with Crippen LogP contribution in [0, 0.1) is 6.92 Å². The molecule has 0 spiro atoms. The van der Waals surface area contributed by atoms with Crippen LogP contribution in [0.5, 0.6) is 11.5 Å². The first-order chi connectivity index (χ1) is 16.2. The van der Waals surface area contributed by atoms with Gasteiger partial charge in [0.05, 0.1) is 44.3 Å². The lowest BCUT2D eigenvalue weighted by Crippen LogP contribution is -2.38. The Hall–Kier alpha value is -3.43. The standard InChI is InChI=1S/C24H28N6O3/c1-17-18(15-29-11-5-9-26-29)24-25-10-8-20(30(24)27-17)23-16-28(12-13-33-23)14-19-21(31-2)6-4-7-22(19)32-3/h4-11,23H,12-16H2,1-3H3/t23-/m0/s1. The molecule has 1 fully saturated rings. The van der Waals surface area contributed by atoms with Crippen LogP contribution >= 0.6 is 0 Å². The summed E-state index contributed by atoms with van der Waals surface area (Å²) in [6.07, 6.45) is 5.44. The molecule has 1 atom stereocenters. The van der Waals surface area contributed by atoms with Gasteiger partial charge in [0, 0.05) is 43.8 Å². The van der Waals surface area contributed by atoms with E-state index < -0.39 is 0 Å². The van der Waals surface area contributed by atoms with Gasteiger partial charge in [-0.3, -0.25) is 9.58 Å². The molecule has 1 aromatic carbocycles. The fraction of sp³-hybridized carbons (Fsp3) is 0.375. The highest BCUT2D eigenvalue weighted by Gasteiger charge is 2.27. The van der Waals surface area contributed by atoms with Crippen LogP contribution in [0.25, 0.3) is 5.65 Å². The van der Waals surface area contributed by atoms with Crippen molar-refractivity contribution in [2.45, 2.75) is 26.1 Å². The Labute approximate surface area is 192 Å². The number of morpholine rings is 1. The number of methoxy groups -OCH3 is 2. The van der Waals surface area contributed by atoms with E-state index in [1.165, 1.54) is 0 Å². The first-order valence-electron chi connectivity index (χ1n) is 11.0. The third-order valence-electron chi connectivity index (χ3n) is 6.12. The van der Waals surface area contributed by atoms with Crippen molar-refractivity contribution in [2.75, 3.05) is 33.9 Å². The Kier molecular flexibility index (Phi) is 5.97. The zero-order valence-corrected chi connectivity index (χ0v) is 19.1. The summed E-state index contributed by atoms with van der Waals surface area (Å²) in [5.74, 6) is 1.66. The van der Waals surface area contributed by atoms with Gasteiger partial charge in [0.25, 0.3) is 0 Å². The van der Waals surface area contributed by atoms with Crippen molar-refractivity contribution in [3.05, 3.63) is 71.4 Å². The summed E-state index contributed by atoms with van der Waals surface area (Å²) in [4.78, 5) is 6.99. The van der Waals surface area contributed by atoms with E-state index in [1.807, 2.05) is 58.8 Å². The number of fused-ring (bicyclic) bond motifs is 1. The second-order valence-corrected chi connectivity index (χ2v) is 8.11. The van der Waals surface area contributed by atoms with Gasteiger partial charge in [0.2, 0.25) is 0 Å². The molecule has 5 rings (SSSR count). The van der Waals surface area contributed by atoms with E-state index in [4.69, 9.17) is 19.3 Å². The second-order valence-electron chi connectivity index (χ2n) is 8.11. The molecule has 0 radical (unpaired) electrons. The highest BCUT2D eigenvalue weighted by Crippen LogP contribution is 2.32. The molecule has 4 heterocycles. The van der Waals surface area contributed by atoms with Crippen molar-refractivity contribution >= 4 is 5.65 Å². The molecule has 33 heavy (non-hydrogen) atoms. The topological polar surface area (TPSA) is 78.9 Å². The maximum Gasteiger partial charge on any atom is 0.160 e. The van der Waals surface area contributed by atoms with Crippen LogP contribution in [0.2, 0.25) is 0 Å². The summed E-state index contributed by atoms with van der Waals surface area (Å²) in [5, 5.41) is 9.14. The maximum absolute atomic E-state index is 6.20. The number of aryl methyl sites for hydroxylation is 1. The quantitative estimate of drug-likeness (QED) is 0.430. The number of benzene rings is 1. The van der Waals surface area contributed by atoms with Crippen molar-refractivity contribution < 1.29 is 14.2 Å². The van der Waals surface area contributed by atoms with Crippen LogP contribution in [0.15, 0.2) is 48.9 Å². The maximum atomic E-state index is 6.20. The van der Waals surface area contributed by atoms with E-state index >= 15 is 0 Å². The van der Waals surface area contributed by atoms with Crippen LogP contribution in [0.1, 0.15) is 28.6 Å². The van der Waals surface area contributed by atoms with Crippen molar-refractivity contribution in [3.8, 4) is 11.5 Å². The van der Waals surface area contributed by atoms with Crippen molar-refractivity contribution in [1.82, 2.24) is 29.3 Å². The van der Waals surface area contributed by atoms with Crippen LogP contribution in [-0.4, -0.2) is 63.2 Å². The Morgan fingerprint density at radius 2 is 1.85 bits per heavy atom. The van der Waals surface area contributed by atoms with Gasteiger partial charge < -0.3 is 14.2 Å². The summed E-state index contributed by atoms with van der Waals surface area (Å²) in [7, 11) is 3.38. The fourth-order valence-corrected chi connectivity index (χ4v) is 4.43. The Morgan fingerprint density at radius 1 is 1.03 bits per heavy atom. The van der Waals surface area contributed by atoms with E-state index in [9.17, 15) is 0 Å². The first-order valence-corrected chi connectivity index (χ1v) is 11.0. The van der Waals surface area contributed by atoms with Gasteiger partial charge in [0.15, 0.2) is 5.65 Å². The lowest BCUT2D eigenvalue weighted by atomic mass is 10.1. The minimum Gasteiger partial charge on any atom is -0.496 e. The van der Waals surface area contributed by atoms with Gasteiger partial charge in [-0.15, -0.1) is 0 Å². The molecule has 9 nitrogen and oxygen atoms in total. The molecule has 172 valence electrons. The predicted molar refractivity (Wildman–Crippen MR) is 123 cm³/mol. The lowest BCUT2D eigenvalue weighted by Gasteiger charge is -2.33. The first kappa shape index (κ1) is 21.4. The fourth-order valence-electron chi connectivity index (χ4n) is 4.43. The average molecular weight is 449 g/mol. The Morgan fingerprint density at radius 3 is 2.58 bits per heavy atom. The Balaban J connectivity index is 1.42. The number of hydrogen-bond donors (Lipinski definition) is 0. The third-order valence-corrected chi connectivity index (χ3v) is 6.12. The molecule has 4 aromatic rings. The van der Waals surface area contributed by atoms with Gasteiger partial charge in [0.1, 0.15) is 17.6 Å². The minimum atomic E-state index is -0.123. The van der Waals surface area contributed by atoms with Gasteiger partial charge in [-0.05, 0) is 31.2 Å². The molecule has 0 saturated carbocycles. The number of aromatic nitrogens is 5. The summed E-state index contributed by atoms with van der Waals surface area (Å²) in [5.41, 5.74) is 4.88. The summed E-state index contributed by atoms with van der Waals surface area (Å²) in [6, 6.07) is 9.79. The zero-order valence-electron chi connectivity index (χ0n) is 19.1. The molecule has 0 N–H and O–H groups in total. The minimum absolute atomic E-state index is 0.123. The number of ether oxygens (including phenoxy) is 3. The van der Waals surface area contributed by atoms with E-state index in [1.54, 1.807) is 20.4 Å². The molecule has 1 saturated heterocycles. The van der Waals surface area contributed by atoms with Crippen molar-refractivity contribution in [1.29, 1.82) is 0 Å². The highest BCUT2D eigenvalue weighted by atomic mass is 16.5.